The standard InChI is InChI=1S/C18H37N2O2.BrH/c1-4-6-7-8-9-10-11-12-15-20(3)16-13-19(14-17-20)18(21)22-5-2;/h4-17H2,1-3H3;1H/q+1;/p-1. The molecule has 0 aromatic carbocycles. The van der Waals surface area contributed by atoms with E-state index in [9.17, 15) is 4.79 Å². The molecule has 0 spiro atoms. The van der Waals surface area contributed by atoms with E-state index in [4.69, 9.17) is 4.74 Å². The van der Waals surface area contributed by atoms with Crippen molar-refractivity contribution in [3.8, 4) is 0 Å². The molecule has 0 bridgehead atoms. The van der Waals surface area contributed by atoms with Crippen LogP contribution in [-0.2, 0) is 4.74 Å². The van der Waals surface area contributed by atoms with Crippen molar-refractivity contribution in [3.63, 3.8) is 0 Å². The highest BCUT2D eigenvalue weighted by Crippen LogP contribution is 2.15. The Kier molecular flexibility index (Phi) is 12.9. The minimum Gasteiger partial charge on any atom is -1.00 e. The fraction of sp³-hybridized carbons (Fsp3) is 0.944. The van der Waals surface area contributed by atoms with Gasteiger partial charge in [0.2, 0.25) is 0 Å². The fourth-order valence-electron chi connectivity index (χ4n) is 3.20. The second kappa shape index (κ2) is 13.1. The van der Waals surface area contributed by atoms with E-state index in [0.717, 1.165) is 30.7 Å². The lowest BCUT2D eigenvalue weighted by atomic mass is 10.1. The Morgan fingerprint density at radius 3 is 2.00 bits per heavy atom. The number of nitrogens with zero attached hydrogens (tertiary/aromatic N) is 2. The van der Waals surface area contributed by atoms with Crippen LogP contribution in [0.3, 0.4) is 0 Å². The van der Waals surface area contributed by atoms with Gasteiger partial charge in [0.1, 0.15) is 0 Å². The molecule has 1 rings (SSSR count). The van der Waals surface area contributed by atoms with Crippen LogP contribution >= 0.6 is 0 Å². The van der Waals surface area contributed by atoms with Crippen molar-refractivity contribution in [3.05, 3.63) is 0 Å². The first-order valence-electron chi connectivity index (χ1n) is 9.36. The van der Waals surface area contributed by atoms with Crippen LogP contribution in [0.4, 0.5) is 4.79 Å². The maximum absolute atomic E-state index is 11.7. The van der Waals surface area contributed by atoms with Gasteiger partial charge < -0.3 is 26.2 Å². The highest BCUT2D eigenvalue weighted by molar-refractivity contribution is 5.67. The number of piperazine rings is 1. The summed E-state index contributed by atoms with van der Waals surface area (Å²) in [5.74, 6) is 0. The zero-order valence-corrected chi connectivity index (χ0v) is 17.1. The van der Waals surface area contributed by atoms with Crippen molar-refractivity contribution in [2.75, 3.05) is 46.4 Å². The van der Waals surface area contributed by atoms with E-state index in [1.807, 2.05) is 11.8 Å². The van der Waals surface area contributed by atoms with Gasteiger partial charge in [-0.1, -0.05) is 45.4 Å². The number of carbonyl (C=O) groups excluding carboxylic acids is 1. The molecule has 1 aliphatic rings. The smallest absolute Gasteiger partial charge is 0.410 e. The number of ether oxygens (including phenoxy) is 1. The molecule has 0 radical (unpaired) electrons. The summed E-state index contributed by atoms with van der Waals surface area (Å²) in [5, 5.41) is 0. The van der Waals surface area contributed by atoms with E-state index < -0.39 is 0 Å². The first kappa shape index (κ1) is 22.7. The van der Waals surface area contributed by atoms with Crippen LogP contribution in [0.2, 0.25) is 0 Å². The Bertz CT molecular complexity index is 305. The molecule has 138 valence electrons. The molecule has 1 fully saturated rings. The molecule has 0 atom stereocenters. The second-order valence-electron chi connectivity index (χ2n) is 6.95. The Labute approximate surface area is 153 Å². The lowest BCUT2D eigenvalue weighted by Gasteiger charge is -2.41. The lowest BCUT2D eigenvalue weighted by Crippen LogP contribution is -3.00. The first-order chi connectivity index (χ1) is 10.6. The van der Waals surface area contributed by atoms with E-state index >= 15 is 0 Å². The highest BCUT2D eigenvalue weighted by Gasteiger charge is 2.30. The van der Waals surface area contributed by atoms with Gasteiger partial charge in [-0.25, -0.2) is 4.79 Å². The van der Waals surface area contributed by atoms with Crippen molar-refractivity contribution >= 4 is 6.09 Å². The predicted octanol–water partition coefficient (Wildman–Crippen LogP) is 1.05. The van der Waals surface area contributed by atoms with E-state index in [1.54, 1.807) is 0 Å². The number of unbranched alkanes of at least 4 members (excludes halogenated alkanes) is 7. The van der Waals surface area contributed by atoms with Crippen LogP contribution in [0.25, 0.3) is 0 Å². The van der Waals surface area contributed by atoms with Crippen molar-refractivity contribution in [2.24, 2.45) is 0 Å². The Hall–Kier alpha value is -0.290. The molecule has 0 N–H and O–H groups in total. The second-order valence-corrected chi connectivity index (χ2v) is 6.95. The summed E-state index contributed by atoms with van der Waals surface area (Å²) in [6, 6.07) is 0. The number of halogens is 1. The molecule has 0 aromatic rings. The summed E-state index contributed by atoms with van der Waals surface area (Å²) in [7, 11) is 2.34. The normalized spacial score (nSPS) is 16.7. The number of hydrogen-bond acceptors (Lipinski definition) is 2. The maximum Gasteiger partial charge on any atom is 0.410 e. The summed E-state index contributed by atoms with van der Waals surface area (Å²) in [4.78, 5) is 13.6. The van der Waals surface area contributed by atoms with Crippen LogP contribution in [0.15, 0.2) is 0 Å². The minimum absolute atomic E-state index is 0. The molecule has 0 unspecified atom stereocenters. The van der Waals surface area contributed by atoms with E-state index in [-0.39, 0.29) is 23.1 Å². The van der Waals surface area contributed by atoms with Gasteiger partial charge in [-0.05, 0) is 19.8 Å². The molecular formula is C18H37BrN2O2. The molecular weight excluding hydrogens is 356 g/mol. The number of carbonyl (C=O) groups is 1. The summed E-state index contributed by atoms with van der Waals surface area (Å²) < 4.78 is 6.20. The van der Waals surface area contributed by atoms with E-state index in [2.05, 4.69) is 14.0 Å². The summed E-state index contributed by atoms with van der Waals surface area (Å²) in [6.07, 6.45) is 10.9. The van der Waals surface area contributed by atoms with Crippen LogP contribution < -0.4 is 17.0 Å². The number of likely N-dealkylation sites (N-methyl/N-ethyl adjacent to an activating group) is 1. The van der Waals surface area contributed by atoms with Crippen molar-refractivity contribution in [1.82, 2.24) is 4.90 Å². The molecule has 1 heterocycles. The summed E-state index contributed by atoms with van der Waals surface area (Å²) >= 11 is 0. The highest BCUT2D eigenvalue weighted by atomic mass is 79.9. The molecule has 1 amide bonds. The maximum atomic E-state index is 11.7. The molecule has 4 nitrogen and oxygen atoms in total. The predicted molar refractivity (Wildman–Crippen MR) is 92.0 cm³/mol. The van der Waals surface area contributed by atoms with Crippen molar-refractivity contribution in [2.45, 2.75) is 65.2 Å². The van der Waals surface area contributed by atoms with Gasteiger partial charge in [-0.2, -0.15) is 0 Å². The van der Waals surface area contributed by atoms with Crippen LogP contribution in [0, 0.1) is 0 Å². The zero-order chi connectivity index (χ0) is 16.3. The fourth-order valence-corrected chi connectivity index (χ4v) is 3.20. The molecule has 1 aliphatic heterocycles. The summed E-state index contributed by atoms with van der Waals surface area (Å²) in [6.45, 7) is 9.67. The van der Waals surface area contributed by atoms with Gasteiger partial charge in [-0.3, -0.25) is 4.90 Å². The molecule has 0 aliphatic carbocycles. The van der Waals surface area contributed by atoms with Gasteiger partial charge in [0.25, 0.3) is 0 Å². The van der Waals surface area contributed by atoms with Gasteiger partial charge >= 0.3 is 6.09 Å². The molecule has 1 saturated heterocycles. The number of hydrogen-bond donors (Lipinski definition) is 0. The SMILES string of the molecule is CCCCCCCCCC[N+]1(C)CCN(C(=O)OCC)CC1.[Br-]. The molecule has 23 heavy (non-hydrogen) atoms. The first-order valence-corrected chi connectivity index (χ1v) is 9.36. The third kappa shape index (κ3) is 9.55. The van der Waals surface area contributed by atoms with E-state index in [1.165, 1.54) is 57.9 Å². The number of amides is 1. The average molecular weight is 393 g/mol. The zero-order valence-electron chi connectivity index (χ0n) is 15.5. The van der Waals surface area contributed by atoms with Gasteiger partial charge in [0, 0.05) is 0 Å². The molecule has 0 aromatic heterocycles. The largest absolute Gasteiger partial charge is 1.00 e. The van der Waals surface area contributed by atoms with E-state index in [0.29, 0.717) is 6.61 Å². The summed E-state index contributed by atoms with van der Waals surface area (Å²) in [5.41, 5.74) is 0. The van der Waals surface area contributed by atoms with Gasteiger partial charge in [0.15, 0.2) is 0 Å². The van der Waals surface area contributed by atoms with Crippen LogP contribution in [0.5, 0.6) is 0 Å². The Morgan fingerprint density at radius 1 is 0.957 bits per heavy atom. The minimum atomic E-state index is -0.138. The third-order valence-corrected chi connectivity index (χ3v) is 4.90. The molecule has 0 saturated carbocycles. The average Bonchev–Trinajstić information content (AvgIpc) is 2.51. The monoisotopic (exact) mass is 392 g/mol. The Balaban J connectivity index is 0.00000484. The van der Waals surface area contributed by atoms with Gasteiger partial charge in [0.05, 0.1) is 46.4 Å². The lowest BCUT2D eigenvalue weighted by molar-refractivity contribution is -0.913. The number of rotatable bonds is 10. The van der Waals surface area contributed by atoms with Crippen LogP contribution in [0.1, 0.15) is 65.2 Å². The Morgan fingerprint density at radius 2 is 1.48 bits per heavy atom. The quantitative estimate of drug-likeness (QED) is 0.410. The van der Waals surface area contributed by atoms with Crippen molar-refractivity contribution in [1.29, 1.82) is 0 Å². The van der Waals surface area contributed by atoms with Crippen LogP contribution in [-0.4, -0.2) is 61.9 Å². The van der Waals surface area contributed by atoms with Crippen molar-refractivity contribution < 1.29 is 31.0 Å². The topological polar surface area (TPSA) is 29.5 Å². The number of quaternary nitrogens is 1. The molecule has 5 heteroatoms. The third-order valence-electron chi connectivity index (χ3n) is 4.90. The van der Waals surface area contributed by atoms with Gasteiger partial charge in [-0.15, -0.1) is 0 Å².